The molecular weight excluding hydrogens is 232 g/mol. The summed E-state index contributed by atoms with van der Waals surface area (Å²) in [5.74, 6) is 0.882. The fourth-order valence-corrected chi connectivity index (χ4v) is 4.43. The first-order valence-corrected chi connectivity index (χ1v) is 8.14. The highest BCUT2D eigenvalue weighted by molar-refractivity contribution is 5.03. The van der Waals surface area contributed by atoms with Gasteiger partial charge in [-0.15, -0.1) is 0 Å². The number of rotatable bonds is 2. The maximum Gasteiger partial charge on any atom is 0.0337 e. The third-order valence-corrected chi connectivity index (χ3v) is 5.85. The number of piperidine rings is 1. The van der Waals surface area contributed by atoms with E-state index < -0.39 is 0 Å². The van der Waals surface area contributed by atoms with E-state index in [9.17, 15) is 0 Å². The third kappa shape index (κ3) is 3.16. The van der Waals surface area contributed by atoms with Crippen LogP contribution in [0.5, 0.6) is 0 Å². The van der Waals surface area contributed by atoms with Gasteiger partial charge in [0.2, 0.25) is 0 Å². The standard InChI is InChI=1S/C17H34N2/c1-15(2,3)14-6-10-19(11-7-14)17(13-18)9-8-16(4,5)12-17/h14H,6-13,18H2,1-5H3. The molecule has 2 aliphatic rings. The topological polar surface area (TPSA) is 29.3 Å². The average Bonchev–Trinajstić information content (AvgIpc) is 2.65. The minimum Gasteiger partial charge on any atom is -0.329 e. The monoisotopic (exact) mass is 266 g/mol. The SMILES string of the molecule is CC1(C)CCC(CN)(N2CCC(C(C)(C)C)CC2)C1. The Labute approximate surface area is 120 Å². The Kier molecular flexibility index (Phi) is 4.06. The molecule has 0 aromatic rings. The summed E-state index contributed by atoms with van der Waals surface area (Å²) < 4.78 is 0. The predicted octanol–water partition coefficient (Wildman–Crippen LogP) is 3.65. The Hall–Kier alpha value is -0.0800. The molecule has 2 nitrogen and oxygen atoms in total. The van der Waals surface area contributed by atoms with Crippen LogP contribution >= 0.6 is 0 Å². The minimum atomic E-state index is 0.312. The lowest BCUT2D eigenvalue weighted by Crippen LogP contribution is -2.55. The van der Waals surface area contributed by atoms with Gasteiger partial charge in [0, 0.05) is 12.1 Å². The van der Waals surface area contributed by atoms with E-state index in [1.54, 1.807) is 0 Å². The highest BCUT2D eigenvalue weighted by atomic mass is 15.2. The van der Waals surface area contributed by atoms with Crippen molar-refractivity contribution in [3.8, 4) is 0 Å². The molecule has 2 fully saturated rings. The van der Waals surface area contributed by atoms with E-state index >= 15 is 0 Å². The fourth-order valence-electron chi connectivity index (χ4n) is 4.43. The van der Waals surface area contributed by atoms with Crippen molar-refractivity contribution in [2.24, 2.45) is 22.5 Å². The highest BCUT2D eigenvalue weighted by Gasteiger charge is 2.47. The minimum absolute atomic E-state index is 0.312. The Balaban J connectivity index is 2.00. The zero-order chi connectivity index (χ0) is 14.3. The zero-order valence-corrected chi connectivity index (χ0v) is 13.8. The first kappa shape index (κ1) is 15.3. The van der Waals surface area contributed by atoms with Crippen molar-refractivity contribution in [3.05, 3.63) is 0 Å². The molecule has 2 heteroatoms. The largest absolute Gasteiger partial charge is 0.329 e. The average molecular weight is 266 g/mol. The van der Waals surface area contributed by atoms with E-state index in [-0.39, 0.29) is 0 Å². The van der Waals surface area contributed by atoms with Gasteiger partial charge >= 0.3 is 0 Å². The molecule has 0 spiro atoms. The van der Waals surface area contributed by atoms with Gasteiger partial charge in [-0.1, -0.05) is 34.6 Å². The van der Waals surface area contributed by atoms with Gasteiger partial charge in [0.1, 0.15) is 0 Å². The van der Waals surface area contributed by atoms with E-state index in [0.717, 1.165) is 12.5 Å². The van der Waals surface area contributed by atoms with Crippen LogP contribution in [0.4, 0.5) is 0 Å². The van der Waals surface area contributed by atoms with Crippen LogP contribution < -0.4 is 5.73 Å². The van der Waals surface area contributed by atoms with Gasteiger partial charge in [-0.2, -0.15) is 0 Å². The molecule has 1 heterocycles. The van der Waals surface area contributed by atoms with E-state index in [2.05, 4.69) is 39.5 Å². The number of nitrogens with zero attached hydrogens (tertiary/aromatic N) is 1. The molecule has 1 atom stereocenters. The van der Waals surface area contributed by atoms with Crippen molar-refractivity contribution < 1.29 is 0 Å². The van der Waals surface area contributed by atoms with Gasteiger partial charge in [0.05, 0.1) is 0 Å². The number of hydrogen-bond donors (Lipinski definition) is 1. The number of likely N-dealkylation sites (tertiary alicyclic amines) is 1. The molecule has 1 unspecified atom stereocenters. The van der Waals surface area contributed by atoms with Crippen molar-refractivity contribution >= 4 is 0 Å². The summed E-state index contributed by atoms with van der Waals surface area (Å²) in [6.07, 6.45) is 6.63. The molecule has 0 amide bonds. The summed E-state index contributed by atoms with van der Waals surface area (Å²) in [5, 5.41) is 0. The van der Waals surface area contributed by atoms with E-state index in [0.29, 0.717) is 16.4 Å². The molecule has 0 radical (unpaired) electrons. The van der Waals surface area contributed by atoms with Crippen LogP contribution in [0.3, 0.4) is 0 Å². The van der Waals surface area contributed by atoms with Crippen molar-refractivity contribution in [1.29, 1.82) is 0 Å². The second-order valence-corrected chi connectivity index (χ2v) is 8.90. The lowest BCUT2D eigenvalue weighted by molar-refractivity contribution is 0.0274. The first-order chi connectivity index (χ1) is 8.69. The molecule has 0 aromatic heterocycles. The molecule has 112 valence electrons. The van der Waals surface area contributed by atoms with Gasteiger partial charge < -0.3 is 5.73 Å². The molecule has 19 heavy (non-hydrogen) atoms. The van der Waals surface area contributed by atoms with E-state index in [1.165, 1.54) is 45.2 Å². The van der Waals surface area contributed by atoms with Crippen molar-refractivity contribution in [2.75, 3.05) is 19.6 Å². The summed E-state index contributed by atoms with van der Waals surface area (Å²) in [7, 11) is 0. The summed E-state index contributed by atoms with van der Waals surface area (Å²) in [4.78, 5) is 2.74. The predicted molar refractivity (Wildman–Crippen MR) is 83.2 cm³/mol. The van der Waals surface area contributed by atoms with Crippen LogP contribution in [0.2, 0.25) is 0 Å². The molecule has 1 saturated carbocycles. The van der Waals surface area contributed by atoms with Crippen LogP contribution in [-0.4, -0.2) is 30.1 Å². The fraction of sp³-hybridized carbons (Fsp3) is 1.00. The maximum atomic E-state index is 6.20. The zero-order valence-electron chi connectivity index (χ0n) is 13.8. The molecule has 2 rings (SSSR count). The Morgan fingerprint density at radius 1 is 1.11 bits per heavy atom. The molecule has 1 aliphatic carbocycles. The lowest BCUT2D eigenvalue weighted by atomic mass is 9.74. The van der Waals surface area contributed by atoms with Crippen molar-refractivity contribution in [2.45, 2.75) is 72.3 Å². The Morgan fingerprint density at radius 2 is 1.68 bits per heavy atom. The van der Waals surface area contributed by atoms with E-state index in [1.807, 2.05) is 0 Å². The number of hydrogen-bond acceptors (Lipinski definition) is 2. The second-order valence-electron chi connectivity index (χ2n) is 8.90. The molecular formula is C17H34N2. The Morgan fingerprint density at radius 3 is 2.05 bits per heavy atom. The highest BCUT2D eigenvalue weighted by Crippen LogP contribution is 2.48. The van der Waals surface area contributed by atoms with Crippen LogP contribution in [0, 0.1) is 16.7 Å². The summed E-state index contributed by atoms with van der Waals surface area (Å²) in [5.41, 5.74) is 7.47. The van der Waals surface area contributed by atoms with Gasteiger partial charge in [-0.25, -0.2) is 0 Å². The summed E-state index contributed by atoms with van der Waals surface area (Å²) >= 11 is 0. The normalized spacial score (nSPS) is 33.8. The lowest BCUT2D eigenvalue weighted by Gasteiger charge is -2.47. The molecule has 1 aliphatic heterocycles. The summed E-state index contributed by atoms with van der Waals surface area (Å²) in [6, 6.07) is 0. The van der Waals surface area contributed by atoms with Gasteiger partial charge in [0.25, 0.3) is 0 Å². The smallest absolute Gasteiger partial charge is 0.0337 e. The van der Waals surface area contributed by atoms with Crippen LogP contribution in [0.15, 0.2) is 0 Å². The number of nitrogens with two attached hydrogens (primary N) is 1. The molecule has 1 saturated heterocycles. The first-order valence-electron chi connectivity index (χ1n) is 8.14. The summed E-state index contributed by atoms with van der Waals surface area (Å²) in [6.45, 7) is 15.4. The quantitative estimate of drug-likeness (QED) is 0.826. The third-order valence-electron chi connectivity index (χ3n) is 5.85. The van der Waals surface area contributed by atoms with Crippen molar-refractivity contribution in [1.82, 2.24) is 4.90 Å². The molecule has 0 bridgehead atoms. The van der Waals surface area contributed by atoms with Gasteiger partial charge in [-0.05, 0) is 61.9 Å². The van der Waals surface area contributed by atoms with E-state index in [4.69, 9.17) is 5.73 Å². The van der Waals surface area contributed by atoms with Crippen LogP contribution in [0.25, 0.3) is 0 Å². The second kappa shape index (κ2) is 5.04. The maximum absolute atomic E-state index is 6.20. The molecule has 0 aromatic carbocycles. The molecule has 2 N–H and O–H groups in total. The Bertz CT molecular complexity index is 308. The van der Waals surface area contributed by atoms with Gasteiger partial charge in [0.15, 0.2) is 0 Å². The van der Waals surface area contributed by atoms with Crippen LogP contribution in [0.1, 0.15) is 66.7 Å². The van der Waals surface area contributed by atoms with Crippen molar-refractivity contribution in [3.63, 3.8) is 0 Å². The van der Waals surface area contributed by atoms with Gasteiger partial charge in [-0.3, -0.25) is 4.90 Å². The van der Waals surface area contributed by atoms with Crippen LogP contribution in [-0.2, 0) is 0 Å².